The molecule has 2 aromatic rings. The molecule has 2 amide bonds. The van der Waals surface area contributed by atoms with Crippen molar-refractivity contribution in [2.75, 3.05) is 19.0 Å². The van der Waals surface area contributed by atoms with Gasteiger partial charge in [0.2, 0.25) is 0 Å². The summed E-state index contributed by atoms with van der Waals surface area (Å²) < 4.78 is 24.1. The smallest absolute Gasteiger partial charge is 0.279 e. The third-order valence-electron chi connectivity index (χ3n) is 3.44. The summed E-state index contributed by atoms with van der Waals surface area (Å²) in [6, 6.07) is 11.0. The van der Waals surface area contributed by atoms with Crippen molar-refractivity contribution in [3.8, 4) is 11.5 Å². The number of nitrogens with one attached hydrogen (secondary N) is 3. The van der Waals surface area contributed by atoms with Crippen LogP contribution in [0.3, 0.4) is 0 Å². The predicted octanol–water partition coefficient (Wildman–Crippen LogP) is 2.62. The molecule has 1 atom stereocenters. The van der Waals surface area contributed by atoms with Gasteiger partial charge in [-0.25, -0.2) is 4.39 Å². The molecule has 0 fully saturated rings. The highest BCUT2D eigenvalue weighted by atomic mass is 79.9. The van der Waals surface area contributed by atoms with Gasteiger partial charge >= 0.3 is 0 Å². The van der Waals surface area contributed by atoms with Gasteiger partial charge in [0, 0.05) is 0 Å². The number of carbonyl (C=O) groups excluding carboxylic acids is 2. The highest BCUT2D eigenvalue weighted by molar-refractivity contribution is 9.10. The fraction of sp³-hybridized carbons (Fsp3) is 0.222. The van der Waals surface area contributed by atoms with E-state index in [1.54, 1.807) is 18.2 Å². The van der Waals surface area contributed by atoms with Gasteiger partial charge in [0.05, 0.1) is 23.8 Å². The molecular formula is C18H19BrFN3O4. The third-order valence-corrected chi connectivity index (χ3v) is 4.06. The van der Waals surface area contributed by atoms with Gasteiger partial charge in [-0.05, 0) is 53.2 Å². The van der Waals surface area contributed by atoms with E-state index in [9.17, 15) is 14.0 Å². The largest absolute Gasteiger partial charge is 0.495 e. The molecule has 1 unspecified atom stereocenters. The predicted molar refractivity (Wildman–Crippen MR) is 102 cm³/mol. The third kappa shape index (κ3) is 6.14. The molecule has 144 valence electrons. The van der Waals surface area contributed by atoms with Gasteiger partial charge in [-0.15, -0.1) is 0 Å². The maximum absolute atomic E-state index is 13.1. The Morgan fingerprint density at radius 2 is 1.89 bits per heavy atom. The Bertz CT molecular complexity index is 819. The average Bonchev–Trinajstić information content (AvgIpc) is 2.66. The molecule has 0 saturated carbocycles. The molecule has 0 heterocycles. The van der Waals surface area contributed by atoms with Crippen LogP contribution < -0.4 is 25.6 Å². The Morgan fingerprint density at radius 1 is 1.15 bits per heavy atom. The van der Waals surface area contributed by atoms with Crippen molar-refractivity contribution in [3.05, 3.63) is 52.8 Å². The summed E-state index contributed by atoms with van der Waals surface area (Å²) in [5, 5.41) is 2.91. The summed E-state index contributed by atoms with van der Waals surface area (Å²) in [4.78, 5) is 23.9. The van der Waals surface area contributed by atoms with Crippen LogP contribution in [0.25, 0.3) is 0 Å². The van der Waals surface area contributed by atoms with E-state index in [4.69, 9.17) is 9.47 Å². The molecule has 0 radical (unpaired) electrons. The second-order valence-electron chi connectivity index (χ2n) is 5.43. The number of halogens is 2. The van der Waals surface area contributed by atoms with Crippen LogP contribution in [0.2, 0.25) is 0 Å². The van der Waals surface area contributed by atoms with E-state index in [0.29, 0.717) is 21.7 Å². The number of methoxy groups -OCH3 is 1. The van der Waals surface area contributed by atoms with Gasteiger partial charge < -0.3 is 14.8 Å². The Hall–Kier alpha value is -2.81. The van der Waals surface area contributed by atoms with Gasteiger partial charge in [0.1, 0.15) is 17.3 Å². The number of ether oxygens (including phenoxy) is 2. The van der Waals surface area contributed by atoms with Crippen molar-refractivity contribution in [1.82, 2.24) is 10.9 Å². The Balaban J connectivity index is 1.79. The average molecular weight is 440 g/mol. The van der Waals surface area contributed by atoms with Crippen LogP contribution in [0, 0.1) is 5.82 Å². The van der Waals surface area contributed by atoms with Crippen molar-refractivity contribution in [3.63, 3.8) is 0 Å². The molecule has 2 rings (SSSR count). The summed E-state index contributed by atoms with van der Waals surface area (Å²) in [5.74, 6) is -0.535. The number of amides is 2. The molecule has 0 aliphatic carbocycles. The van der Waals surface area contributed by atoms with Crippen molar-refractivity contribution >= 4 is 33.4 Å². The first-order chi connectivity index (χ1) is 12.9. The summed E-state index contributed by atoms with van der Waals surface area (Å²) in [6.45, 7) is 1.43. The quantitative estimate of drug-likeness (QED) is 0.577. The zero-order chi connectivity index (χ0) is 19.8. The monoisotopic (exact) mass is 439 g/mol. The second-order valence-corrected chi connectivity index (χ2v) is 6.28. The lowest BCUT2D eigenvalue weighted by Crippen LogP contribution is -2.48. The van der Waals surface area contributed by atoms with Gasteiger partial charge in [0.15, 0.2) is 6.10 Å². The van der Waals surface area contributed by atoms with E-state index in [1.165, 1.54) is 32.2 Å². The molecule has 0 aliphatic rings. The van der Waals surface area contributed by atoms with E-state index < -0.39 is 23.7 Å². The zero-order valence-corrected chi connectivity index (χ0v) is 16.3. The number of benzene rings is 2. The van der Waals surface area contributed by atoms with Crippen molar-refractivity contribution < 1.29 is 23.5 Å². The van der Waals surface area contributed by atoms with Crippen LogP contribution in [0.15, 0.2) is 46.9 Å². The summed E-state index contributed by atoms with van der Waals surface area (Å²) in [6.07, 6.45) is -0.908. The summed E-state index contributed by atoms with van der Waals surface area (Å²) >= 11 is 3.16. The SMILES string of the molecule is COc1ccccc1NCC(=O)NNC(=O)C(C)Oc1ccc(F)cc1Br. The van der Waals surface area contributed by atoms with E-state index in [-0.39, 0.29) is 6.54 Å². The lowest BCUT2D eigenvalue weighted by molar-refractivity contribution is -0.132. The lowest BCUT2D eigenvalue weighted by atomic mass is 10.3. The molecule has 3 N–H and O–H groups in total. The second kappa shape index (κ2) is 9.77. The molecule has 0 aromatic heterocycles. The first kappa shape index (κ1) is 20.5. The minimum Gasteiger partial charge on any atom is -0.495 e. The molecule has 2 aromatic carbocycles. The van der Waals surface area contributed by atoms with Gasteiger partial charge in [-0.2, -0.15) is 0 Å². The lowest BCUT2D eigenvalue weighted by Gasteiger charge is -2.16. The van der Waals surface area contributed by atoms with Crippen LogP contribution in [-0.2, 0) is 9.59 Å². The molecule has 9 heteroatoms. The first-order valence-corrected chi connectivity index (χ1v) is 8.77. The van der Waals surface area contributed by atoms with Gasteiger partial charge in [0.25, 0.3) is 11.8 Å². The number of carbonyl (C=O) groups is 2. The zero-order valence-electron chi connectivity index (χ0n) is 14.7. The number of hydrogen-bond donors (Lipinski definition) is 3. The Labute approximate surface area is 164 Å². The van der Waals surface area contributed by atoms with Crippen LogP contribution in [0.4, 0.5) is 10.1 Å². The van der Waals surface area contributed by atoms with Crippen molar-refractivity contribution in [2.45, 2.75) is 13.0 Å². The highest BCUT2D eigenvalue weighted by Crippen LogP contribution is 2.26. The number of para-hydroxylation sites is 2. The molecule has 7 nitrogen and oxygen atoms in total. The van der Waals surface area contributed by atoms with Gasteiger partial charge in [-0.3, -0.25) is 20.4 Å². The van der Waals surface area contributed by atoms with Gasteiger partial charge in [-0.1, -0.05) is 12.1 Å². The van der Waals surface area contributed by atoms with E-state index in [1.807, 2.05) is 6.07 Å². The summed E-state index contributed by atoms with van der Waals surface area (Å²) in [7, 11) is 1.53. The van der Waals surface area contributed by atoms with Crippen LogP contribution in [-0.4, -0.2) is 31.6 Å². The number of rotatable bonds is 7. The summed E-state index contributed by atoms with van der Waals surface area (Å²) in [5.41, 5.74) is 5.21. The minimum atomic E-state index is -0.908. The molecular weight excluding hydrogens is 421 g/mol. The fourth-order valence-corrected chi connectivity index (χ4v) is 2.50. The number of hydrazine groups is 1. The number of hydrogen-bond acceptors (Lipinski definition) is 5. The van der Waals surface area contributed by atoms with E-state index in [0.717, 1.165) is 0 Å². The first-order valence-electron chi connectivity index (χ1n) is 7.98. The topological polar surface area (TPSA) is 88.7 Å². The Kier molecular flexibility index (Phi) is 7.42. The fourth-order valence-electron chi connectivity index (χ4n) is 2.06. The molecule has 27 heavy (non-hydrogen) atoms. The van der Waals surface area contributed by atoms with Crippen LogP contribution >= 0.6 is 15.9 Å². The molecule has 0 saturated heterocycles. The standard InChI is InChI=1S/C18H19BrFN3O4/c1-11(27-15-8-7-12(20)9-13(15)19)18(25)23-22-17(24)10-21-14-5-3-4-6-16(14)26-2/h3-9,11,21H,10H2,1-2H3,(H,22,24)(H,23,25). The van der Waals surface area contributed by atoms with Crippen LogP contribution in [0.5, 0.6) is 11.5 Å². The van der Waals surface area contributed by atoms with Crippen LogP contribution in [0.1, 0.15) is 6.92 Å². The molecule has 0 bridgehead atoms. The van der Waals surface area contributed by atoms with Crippen molar-refractivity contribution in [1.29, 1.82) is 0 Å². The maximum Gasteiger partial charge on any atom is 0.279 e. The highest BCUT2D eigenvalue weighted by Gasteiger charge is 2.17. The Morgan fingerprint density at radius 3 is 2.59 bits per heavy atom. The molecule has 0 aliphatic heterocycles. The number of anilines is 1. The molecule has 0 spiro atoms. The minimum absolute atomic E-state index is 0.0700. The normalized spacial score (nSPS) is 11.3. The van der Waals surface area contributed by atoms with E-state index in [2.05, 4.69) is 32.1 Å². The van der Waals surface area contributed by atoms with E-state index >= 15 is 0 Å². The van der Waals surface area contributed by atoms with Crippen molar-refractivity contribution in [2.24, 2.45) is 0 Å². The maximum atomic E-state index is 13.1.